The van der Waals surface area contributed by atoms with Gasteiger partial charge in [-0.1, -0.05) is 6.07 Å². The van der Waals surface area contributed by atoms with Crippen LogP contribution in [0, 0.1) is 3.57 Å². The van der Waals surface area contributed by atoms with Crippen LogP contribution in [0.25, 0.3) is 0 Å². The molecule has 1 aromatic carbocycles. The molecule has 0 saturated carbocycles. The predicted molar refractivity (Wildman–Crippen MR) is 72.8 cm³/mol. The smallest absolute Gasteiger partial charge is 0.229 e. The number of anilines is 1. The monoisotopic (exact) mass is 362 g/mol. The molecule has 0 spiro atoms. The molecule has 1 aromatic rings. The highest BCUT2D eigenvalue weighted by atomic mass is 127. The highest BCUT2D eigenvalue weighted by molar-refractivity contribution is 14.1. The second-order valence-corrected chi connectivity index (χ2v) is 5.80. The maximum atomic E-state index is 11.0. The van der Waals surface area contributed by atoms with E-state index in [0.29, 0.717) is 12.2 Å². The van der Waals surface area contributed by atoms with E-state index < -0.39 is 10.0 Å². The third-order valence-electron chi connectivity index (χ3n) is 1.56. The Bertz CT molecular complexity index is 436. The zero-order chi connectivity index (χ0) is 10.8. The number of hydrogen-bond donors (Lipinski definition) is 2. The minimum Gasteiger partial charge on any atom is -0.326 e. The fraction of sp³-hybridized carbons (Fsp3) is 0.250. The van der Waals surface area contributed by atoms with Gasteiger partial charge in [-0.05, 0) is 40.3 Å². The summed E-state index contributed by atoms with van der Waals surface area (Å²) in [5.74, 6) is 0. The van der Waals surface area contributed by atoms with Gasteiger partial charge in [0.1, 0.15) is 0 Å². The van der Waals surface area contributed by atoms with Gasteiger partial charge in [0.05, 0.1) is 11.9 Å². The first-order valence-corrected chi connectivity index (χ1v) is 6.85. The molecule has 0 fully saturated rings. The molecule has 0 aliphatic heterocycles. The molecular weight excluding hydrogens is 351 g/mol. The van der Waals surface area contributed by atoms with Gasteiger partial charge in [-0.2, -0.15) is 0 Å². The number of sulfonamides is 1. The SMILES string of the molecule is CS(=O)(=O)Nc1ccc(CN)cc1I.Cl. The van der Waals surface area contributed by atoms with Gasteiger partial charge in [-0.15, -0.1) is 12.4 Å². The summed E-state index contributed by atoms with van der Waals surface area (Å²) < 4.78 is 25.2. The molecule has 0 aliphatic carbocycles. The topological polar surface area (TPSA) is 72.2 Å². The van der Waals surface area contributed by atoms with Crippen molar-refractivity contribution in [3.05, 3.63) is 27.3 Å². The van der Waals surface area contributed by atoms with E-state index in [1.165, 1.54) is 0 Å². The van der Waals surface area contributed by atoms with Crippen molar-refractivity contribution in [3.8, 4) is 0 Å². The normalized spacial score (nSPS) is 10.6. The van der Waals surface area contributed by atoms with E-state index in [1.54, 1.807) is 12.1 Å². The predicted octanol–water partition coefficient (Wildman–Crippen LogP) is 1.54. The number of nitrogens with one attached hydrogen (secondary N) is 1. The third kappa shape index (κ3) is 5.01. The molecule has 0 amide bonds. The van der Waals surface area contributed by atoms with Crippen molar-refractivity contribution in [3.63, 3.8) is 0 Å². The molecule has 0 aromatic heterocycles. The van der Waals surface area contributed by atoms with Gasteiger partial charge in [-0.25, -0.2) is 8.42 Å². The Labute approximate surface area is 109 Å². The van der Waals surface area contributed by atoms with Gasteiger partial charge in [0.2, 0.25) is 10.0 Å². The van der Waals surface area contributed by atoms with E-state index in [9.17, 15) is 8.42 Å². The highest BCUT2D eigenvalue weighted by Crippen LogP contribution is 2.20. The van der Waals surface area contributed by atoms with E-state index in [4.69, 9.17) is 5.73 Å². The van der Waals surface area contributed by atoms with Crippen LogP contribution in [0.15, 0.2) is 18.2 Å². The number of rotatable bonds is 3. The van der Waals surface area contributed by atoms with Crippen molar-refractivity contribution in [1.29, 1.82) is 0 Å². The Hall–Kier alpha value is -0.0500. The molecule has 86 valence electrons. The van der Waals surface area contributed by atoms with Gasteiger partial charge < -0.3 is 5.73 Å². The fourth-order valence-electron chi connectivity index (χ4n) is 0.968. The van der Waals surface area contributed by atoms with Gasteiger partial charge >= 0.3 is 0 Å². The second-order valence-electron chi connectivity index (χ2n) is 2.89. The fourth-order valence-corrected chi connectivity index (χ4v) is 2.44. The van der Waals surface area contributed by atoms with Gasteiger partial charge in [0.25, 0.3) is 0 Å². The molecule has 0 bridgehead atoms. The summed E-state index contributed by atoms with van der Waals surface area (Å²) in [5.41, 5.74) is 7.02. The summed E-state index contributed by atoms with van der Waals surface area (Å²) in [6, 6.07) is 5.37. The largest absolute Gasteiger partial charge is 0.326 e. The van der Waals surface area contributed by atoms with E-state index in [1.807, 2.05) is 6.07 Å². The van der Waals surface area contributed by atoms with Crippen LogP contribution in [0.1, 0.15) is 5.56 Å². The van der Waals surface area contributed by atoms with Crippen LogP contribution in [-0.4, -0.2) is 14.7 Å². The van der Waals surface area contributed by atoms with E-state index in [-0.39, 0.29) is 12.4 Å². The van der Waals surface area contributed by atoms with Crippen LogP contribution >= 0.6 is 35.0 Å². The first-order valence-electron chi connectivity index (χ1n) is 3.88. The van der Waals surface area contributed by atoms with Crippen molar-refractivity contribution in [2.24, 2.45) is 5.73 Å². The van der Waals surface area contributed by atoms with Crippen LogP contribution in [-0.2, 0) is 16.6 Å². The Kier molecular flexibility index (Phi) is 5.86. The van der Waals surface area contributed by atoms with Crippen LogP contribution < -0.4 is 10.5 Å². The minimum absolute atomic E-state index is 0. The summed E-state index contributed by atoms with van der Waals surface area (Å²) in [6.45, 7) is 0.454. The summed E-state index contributed by atoms with van der Waals surface area (Å²) >= 11 is 2.07. The number of nitrogens with two attached hydrogens (primary N) is 1. The summed E-state index contributed by atoms with van der Waals surface area (Å²) in [5, 5.41) is 0. The van der Waals surface area contributed by atoms with Gasteiger partial charge in [-0.3, -0.25) is 4.72 Å². The molecule has 0 radical (unpaired) electrons. The zero-order valence-electron chi connectivity index (χ0n) is 8.03. The lowest BCUT2D eigenvalue weighted by Gasteiger charge is -2.07. The molecule has 1 rings (SSSR count). The molecule has 0 aliphatic rings. The average Bonchev–Trinajstić information content (AvgIpc) is 2.06. The minimum atomic E-state index is -3.21. The molecular formula is C8H12ClIN2O2S. The van der Waals surface area contributed by atoms with Gasteiger partial charge in [0, 0.05) is 10.1 Å². The lowest BCUT2D eigenvalue weighted by atomic mass is 10.2. The first kappa shape index (κ1) is 14.9. The first-order chi connectivity index (χ1) is 6.42. The Morgan fingerprint density at radius 3 is 2.47 bits per heavy atom. The molecule has 7 heteroatoms. The van der Waals surface area contributed by atoms with Crippen molar-refractivity contribution >= 4 is 50.7 Å². The third-order valence-corrected chi connectivity index (χ3v) is 3.05. The highest BCUT2D eigenvalue weighted by Gasteiger charge is 2.05. The Balaban J connectivity index is 0.00000196. The number of benzene rings is 1. The lowest BCUT2D eigenvalue weighted by molar-refractivity contribution is 0.607. The quantitative estimate of drug-likeness (QED) is 0.801. The molecule has 0 atom stereocenters. The standard InChI is InChI=1S/C8H11IN2O2S.ClH/c1-14(12,13)11-8-3-2-6(5-10)4-7(8)9;/h2-4,11H,5,10H2,1H3;1H. The van der Waals surface area contributed by atoms with E-state index in [0.717, 1.165) is 15.4 Å². The van der Waals surface area contributed by atoms with Gasteiger partial charge in [0.15, 0.2) is 0 Å². The lowest BCUT2D eigenvalue weighted by Crippen LogP contribution is -2.11. The summed E-state index contributed by atoms with van der Waals surface area (Å²) in [4.78, 5) is 0. The summed E-state index contributed by atoms with van der Waals surface area (Å²) in [6.07, 6.45) is 1.12. The van der Waals surface area contributed by atoms with Crippen LogP contribution in [0.4, 0.5) is 5.69 Å². The maximum Gasteiger partial charge on any atom is 0.229 e. The molecule has 15 heavy (non-hydrogen) atoms. The van der Waals surface area contributed by atoms with Crippen molar-refractivity contribution in [1.82, 2.24) is 0 Å². The van der Waals surface area contributed by atoms with Crippen LogP contribution in [0.3, 0.4) is 0 Å². The van der Waals surface area contributed by atoms with E-state index >= 15 is 0 Å². The van der Waals surface area contributed by atoms with Crippen LogP contribution in [0.5, 0.6) is 0 Å². The maximum absolute atomic E-state index is 11.0. The second kappa shape index (κ2) is 5.88. The molecule has 0 saturated heterocycles. The average molecular weight is 363 g/mol. The van der Waals surface area contributed by atoms with Crippen molar-refractivity contribution in [2.45, 2.75) is 6.54 Å². The molecule has 0 heterocycles. The van der Waals surface area contributed by atoms with Crippen molar-refractivity contribution in [2.75, 3.05) is 11.0 Å². The van der Waals surface area contributed by atoms with Crippen molar-refractivity contribution < 1.29 is 8.42 Å². The summed E-state index contributed by atoms with van der Waals surface area (Å²) in [7, 11) is -3.21. The van der Waals surface area contributed by atoms with E-state index in [2.05, 4.69) is 27.3 Å². The molecule has 3 N–H and O–H groups in total. The zero-order valence-corrected chi connectivity index (χ0v) is 11.8. The number of halogens is 2. The Morgan fingerprint density at radius 1 is 1.47 bits per heavy atom. The molecule has 4 nitrogen and oxygen atoms in total. The number of hydrogen-bond acceptors (Lipinski definition) is 3. The Morgan fingerprint density at radius 2 is 2.07 bits per heavy atom. The van der Waals surface area contributed by atoms with Crippen LogP contribution in [0.2, 0.25) is 0 Å². The molecule has 0 unspecified atom stereocenters.